The Morgan fingerprint density at radius 1 is 1.19 bits per heavy atom. The molecule has 0 radical (unpaired) electrons. The fraction of sp³-hybridized carbons (Fsp3) is 0.800. The first kappa shape index (κ1) is 18.2. The zero-order valence-electron chi connectivity index (χ0n) is 17.3. The SMILES string of the molecule is C=C1CC2C(CCC(CC)(C3(C)CCCO3)C2C2CC2)[C@H]2CCC(=O)C=C12. The van der Waals surface area contributed by atoms with E-state index in [0.29, 0.717) is 17.1 Å². The van der Waals surface area contributed by atoms with E-state index < -0.39 is 0 Å². The third kappa shape index (κ3) is 2.58. The van der Waals surface area contributed by atoms with Gasteiger partial charge in [-0.2, -0.15) is 0 Å². The van der Waals surface area contributed by atoms with Crippen LogP contribution in [0.2, 0.25) is 0 Å². The fourth-order valence-electron chi connectivity index (χ4n) is 8.11. The van der Waals surface area contributed by atoms with Gasteiger partial charge in [0.15, 0.2) is 5.78 Å². The highest BCUT2D eigenvalue weighted by Crippen LogP contribution is 2.68. The Bertz CT molecular complexity index is 678. The molecule has 0 bridgehead atoms. The maximum Gasteiger partial charge on any atom is 0.156 e. The zero-order chi connectivity index (χ0) is 18.8. The van der Waals surface area contributed by atoms with Gasteiger partial charge in [0.25, 0.3) is 0 Å². The summed E-state index contributed by atoms with van der Waals surface area (Å²) < 4.78 is 6.53. The first-order chi connectivity index (χ1) is 13.0. The minimum atomic E-state index is 0.0694. The number of fused-ring (bicyclic) bond motifs is 3. The van der Waals surface area contributed by atoms with E-state index in [0.717, 1.165) is 49.5 Å². The van der Waals surface area contributed by atoms with E-state index in [1.165, 1.54) is 56.1 Å². The number of hydrogen-bond acceptors (Lipinski definition) is 2. The van der Waals surface area contributed by atoms with Crippen LogP contribution in [0, 0.1) is 35.0 Å². The maximum absolute atomic E-state index is 12.0. The van der Waals surface area contributed by atoms with Crippen molar-refractivity contribution in [3.8, 4) is 0 Å². The number of hydrogen-bond donors (Lipinski definition) is 0. The molecule has 3 saturated carbocycles. The topological polar surface area (TPSA) is 26.3 Å². The monoisotopic (exact) mass is 368 g/mol. The number of carbonyl (C=O) groups excluding carboxylic acids is 1. The van der Waals surface area contributed by atoms with Crippen LogP contribution in [-0.2, 0) is 9.53 Å². The number of ether oxygens (including phenoxy) is 1. The molecule has 0 N–H and O–H groups in total. The molecule has 0 aromatic rings. The molecule has 4 fully saturated rings. The van der Waals surface area contributed by atoms with Gasteiger partial charge in [0, 0.05) is 18.4 Å². The Morgan fingerprint density at radius 3 is 2.67 bits per heavy atom. The fourth-order valence-corrected chi connectivity index (χ4v) is 8.11. The van der Waals surface area contributed by atoms with E-state index in [-0.39, 0.29) is 5.60 Å². The van der Waals surface area contributed by atoms with E-state index in [1.807, 2.05) is 6.08 Å². The van der Waals surface area contributed by atoms with Gasteiger partial charge < -0.3 is 4.74 Å². The second-order valence-electron chi connectivity index (χ2n) is 10.4. The van der Waals surface area contributed by atoms with Crippen LogP contribution in [0.25, 0.3) is 0 Å². The lowest BCUT2D eigenvalue weighted by Crippen LogP contribution is -2.58. The van der Waals surface area contributed by atoms with Gasteiger partial charge >= 0.3 is 0 Å². The number of carbonyl (C=O) groups is 1. The summed E-state index contributed by atoms with van der Waals surface area (Å²) in [6, 6.07) is 0. The van der Waals surface area contributed by atoms with Crippen LogP contribution in [-0.4, -0.2) is 18.0 Å². The van der Waals surface area contributed by atoms with Gasteiger partial charge in [-0.25, -0.2) is 0 Å². The molecule has 27 heavy (non-hydrogen) atoms. The van der Waals surface area contributed by atoms with Crippen molar-refractivity contribution in [3.63, 3.8) is 0 Å². The lowest BCUT2D eigenvalue weighted by Gasteiger charge is -2.61. The third-order valence-electron chi connectivity index (χ3n) is 9.43. The average molecular weight is 369 g/mol. The van der Waals surface area contributed by atoms with Crippen LogP contribution in [0.3, 0.4) is 0 Å². The molecule has 4 aliphatic carbocycles. The highest BCUT2D eigenvalue weighted by atomic mass is 16.5. The molecule has 0 aromatic heterocycles. The summed E-state index contributed by atoms with van der Waals surface area (Å²) in [6.07, 6.45) is 14.1. The highest BCUT2D eigenvalue weighted by Gasteiger charge is 2.63. The summed E-state index contributed by atoms with van der Waals surface area (Å²) in [5, 5.41) is 0. The number of rotatable bonds is 3. The molecule has 1 aliphatic heterocycles. The van der Waals surface area contributed by atoms with Gasteiger partial charge in [-0.05, 0) is 106 Å². The molecular formula is C25H36O2. The first-order valence-corrected chi connectivity index (χ1v) is 11.6. The zero-order valence-corrected chi connectivity index (χ0v) is 17.3. The Morgan fingerprint density at radius 2 is 2.00 bits per heavy atom. The smallest absolute Gasteiger partial charge is 0.156 e. The molecule has 6 atom stereocenters. The largest absolute Gasteiger partial charge is 0.375 e. The second kappa shape index (κ2) is 6.31. The van der Waals surface area contributed by atoms with Gasteiger partial charge in [0.1, 0.15) is 0 Å². The minimum absolute atomic E-state index is 0.0694. The molecule has 5 aliphatic rings. The molecule has 148 valence electrons. The van der Waals surface area contributed by atoms with Crippen molar-refractivity contribution in [2.45, 2.75) is 83.7 Å². The Labute approximate surface area is 164 Å². The van der Waals surface area contributed by atoms with E-state index in [2.05, 4.69) is 20.4 Å². The molecule has 0 spiro atoms. The molecule has 1 saturated heterocycles. The third-order valence-corrected chi connectivity index (χ3v) is 9.43. The first-order valence-electron chi connectivity index (χ1n) is 11.6. The molecule has 0 aromatic carbocycles. The van der Waals surface area contributed by atoms with Crippen LogP contribution in [0.5, 0.6) is 0 Å². The Balaban J connectivity index is 1.54. The molecular weight excluding hydrogens is 332 g/mol. The Kier molecular flexibility index (Phi) is 4.24. The van der Waals surface area contributed by atoms with Crippen molar-refractivity contribution >= 4 is 5.78 Å². The van der Waals surface area contributed by atoms with Crippen LogP contribution in [0.1, 0.15) is 78.1 Å². The predicted molar refractivity (Wildman–Crippen MR) is 108 cm³/mol. The summed E-state index contributed by atoms with van der Waals surface area (Å²) >= 11 is 0. The summed E-state index contributed by atoms with van der Waals surface area (Å²) in [4.78, 5) is 12.0. The molecule has 2 heteroatoms. The highest BCUT2D eigenvalue weighted by molar-refractivity contribution is 5.92. The van der Waals surface area contributed by atoms with Crippen molar-refractivity contribution in [3.05, 3.63) is 23.8 Å². The van der Waals surface area contributed by atoms with Crippen LogP contribution >= 0.6 is 0 Å². The van der Waals surface area contributed by atoms with Gasteiger partial charge in [-0.3, -0.25) is 4.79 Å². The Hall–Kier alpha value is -0.890. The molecule has 0 amide bonds. The van der Waals surface area contributed by atoms with Crippen molar-refractivity contribution in [1.82, 2.24) is 0 Å². The van der Waals surface area contributed by atoms with Crippen LogP contribution in [0.4, 0.5) is 0 Å². The second-order valence-corrected chi connectivity index (χ2v) is 10.4. The molecule has 1 heterocycles. The summed E-state index contributed by atoms with van der Waals surface area (Å²) in [7, 11) is 0. The predicted octanol–water partition coefficient (Wildman–Crippen LogP) is 5.87. The molecule has 5 rings (SSSR count). The van der Waals surface area contributed by atoms with E-state index in [9.17, 15) is 4.79 Å². The summed E-state index contributed by atoms with van der Waals surface area (Å²) in [6.45, 7) is 10.3. The van der Waals surface area contributed by atoms with Gasteiger partial charge in [0.05, 0.1) is 5.60 Å². The minimum Gasteiger partial charge on any atom is -0.375 e. The lowest BCUT2D eigenvalue weighted by atomic mass is 9.45. The van der Waals surface area contributed by atoms with Crippen LogP contribution in [0.15, 0.2) is 23.8 Å². The van der Waals surface area contributed by atoms with Crippen LogP contribution < -0.4 is 0 Å². The molecule has 2 nitrogen and oxygen atoms in total. The molecule has 5 unspecified atom stereocenters. The average Bonchev–Trinajstić information content (AvgIpc) is 3.40. The van der Waals surface area contributed by atoms with E-state index in [4.69, 9.17) is 4.74 Å². The normalized spacial score (nSPS) is 47.4. The van der Waals surface area contributed by atoms with E-state index in [1.54, 1.807) is 0 Å². The maximum atomic E-state index is 12.0. The van der Waals surface area contributed by atoms with Crippen molar-refractivity contribution in [2.24, 2.45) is 35.0 Å². The van der Waals surface area contributed by atoms with Crippen molar-refractivity contribution < 1.29 is 9.53 Å². The quantitative estimate of drug-likeness (QED) is 0.623. The van der Waals surface area contributed by atoms with E-state index >= 15 is 0 Å². The van der Waals surface area contributed by atoms with Gasteiger partial charge in [-0.1, -0.05) is 19.1 Å². The van der Waals surface area contributed by atoms with Gasteiger partial charge in [-0.15, -0.1) is 0 Å². The van der Waals surface area contributed by atoms with Crippen molar-refractivity contribution in [1.29, 1.82) is 0 Å². The summed E-state index contributed by atoms with van der Waals surface area (Å²) in [5.74, 6) is 4.15. The number of allylic oxidation sites excluding steroid dienone is 3. The summed E-state index contributed by atoms with van der Waals surface area (Å²) in [5.41, 5.74) is 3.02. The van der Waals surface area contributed by atoms with Crippen molar-refractivity contribution in [2.75, 3.05) is 6.61 Å². The van der Waals surface area contributed by atoms with Gasteiger partial charge in [0.2, 0.25) is 0 Å². The number of ketones is 1. The lowest BCUT2D eigenvalue weighted by molar-refractivity contribution is -0.171. The standard InChI is InChI=1S/C25H36O2/c1-4-25(24(3)11-5-13-27-24)12-10-20-19-9-8-18(26)15-21(19)16(2)14-22(20)23(25)17-6-7-17/h15,17,19-20,22-23H,2,4-14H2,1,3H3/t19-,20?,22?,23?,24?,25?/m1/s1.